The van der Waals surface area contributed by atoms with E-state index in [2.05, 4.69) is 27.7 Å². The van der Waals surface area contributed by atoms with E-state index in [-0.39, 0.29) is 23.9 Å². The lowest BCUT2D eigenvalue weighted by Gasteiger charge is -2.43. The highest BCUT2D eigenvalue weighted by atomic mass is 16.5. The van der Waals surface area contributed by atoms with Crippen LogP contribution >= 0.6 is 0 Å². The van der Waals surface area contributed by atoms with Crippen LogP contribution in [-0.2, 0) is 14.3 Å². The molecule has 0 radical (unpaired) electrons. The maximum absolute atomic E-state index is 12.1. The van der Waals surface area contributed by atoms with Crippen LogP contribution in [0.15, 0.2) is 0 Å². The summed E-state index contributed by atoms with van der Waals surface area (Å²) in [6.07, 6.45) is 2.55. The predicted molar refractivity (Wildman–Crippen MR) is 90.5 cm³/mol. The second-order valence-corrected chi connectivity index (χ2v) is 7.30. The minimum absolute atomic E-state index is 0.0606. The zero-order valence-corrected chi connectivity index (χ0v) is 15.6. The van der Waals surface area contributed by atoms with E-state index in [1.165, 1.54) is 4.90 Å². The molecular formula is C18H36NO4+. The second kappa shape index (κ2) is 9.00. The van der Waals surface area contributed by atoms with Gasteiger partial charge >= 0.3 is 5.97 Å². The highest BCUT2D eigenvalue weighted by Crippen LogP contribution is 2.38. The molecule has 1 rings (SSSR count). The largest absolute Gasteiger partial charge is 0.460 e. The second-order valence-electron chi connectivity index (χ2n) is 7.30. The number of carbonyl (C=O) groups is 1. The zero-order chi connectivity index (χ0) is 17.5. The lowest BCUT2D eigenvalue weighted by molar-refractivity contribution is -0.896. The monoisotopic (exact) mass is 330 g/mol. The molecule has 5 nitrogen and oxygen atoms in total. The van der Waals surface area contributed by atoms with E-state index < -0.39 is 5.60 Å². The van der Waals surface area contributed by atoms with Crippen molar-refractivity contribution >= 4 is 5.97 Å². The van der Waals surface area contributed by atoms with Crippen molar-refractivity contribution in [3.8, 4) is 0 Å². The summed E-state index contributed by atoms with van der Waals surface area (Å²) in [4.78, 5) is 13.5. The molecule has 0 unspecified atom stereocenters. The Hall–Kier alpha value is -0.650. The zero-order valence-electron chi connectivity index (χ0n) is 15.6. The third-order valence-corrected chi connectivity index (χ3v) is 5.44. The third kappa shape index (κ3) is 6.40. The Bertz CT molecular complexity index is 368. The topological polar surface area (TPSA) is 60.2 Å². The Morgan fingerprint density at radius 2 is 2.04 bits per heavy atom. The van der Waals surface area contributed by atoms with E-state index in [0.29, 0.717) is 13.2 Å². The fourth-order valence-electron chi connectivity index (χ4n) is 3.31. The molecule has 0 spiro atoms. The molecule has 1 heterocycles. The van der Waals surface area contributed by atoms with Gasteiger partial charge in [-0.2, -0.15) is 0 Å². The van der Waals surface area contributed by atoms with E-state index in [1.54, 1.807) is 6.92 Å². The van der Waals surface area contributed by atoms with Crippen molar-refractivity contribution < 1.29 is 24.3 Å². The van der Waals surface area contributed by atoms with Gasteiger partial charge in [0.2, 0.25) is 0 Å². The summed E-state index contributed by atoms with van der Waals surface area (Å²) in [6, 6.07) is 0. The van der Waals surface area contributed by atoms with Crippen molar-refractivity contribution in [2.75, 3.05) is 32.8 Å². The summed E-state index contributed by atoms with van der Waals surface area (Å²) in [5, 5.41) is 10.8. The molecule has 0 aromatic rings. The number of hydrogen-bond donors (Lipinski definition) is 2. The van der Waals surface area contributed by atoms with Gasteiger partial charge in [-0.05, 0) is 52.9 Å². The van der Waals surface area contributed by atoms with E-state index in [9.17, 15) is 9.90 Å². The van der Waals surface area contributed by atoms with Gasteiger partial charge < -0.3 is 19.5 Å². The maximum atomic E-state index is 12.1. The van der Waals surface area contributed by atoms with Gasteiger partial charge in [0.05, 0.1) is 30.7 Å². The predicted octanol–water partition coefficient (Wildman–Crippen LogP) is 1.19. The van der Waals surface area contributed by atoms with Crippen LogP contribution in [0.2, 0.25) is 0 Å². The summed E-state index contributed by atoms with van der Waals surface area (Å²) in [5.41, 5.74) is -1.22. The smallest absolute Gasteiger partial charge is 0.308 e. The number of rotatable bonds is 9. The van der Waals surface area contributed by atoms with Crippen molar-refractivity contribution in [3.05, 3.63) is 0 Å². The van der Waals surface area contributed by atoms with Gasteiger partial charge in [0.15, 0.2) is 0 Å². The summed E-state index contributed by atoms with van der Waals surface area (Å²) in [7, 11) is 0. The van der Waals surface area contributed by atoms with Crippen LogP contribution in [-0.4, -0.2) is 55.1 Å². The molecule has 0 saturated carbocycles. The molecule has 3 atom stereocenters. The molecule has 0 aliphatic carbocycles. The van der Waals surface area contributed by atoms with Gasteiger partial charge in [0.25, 0.3) is 0 Å². The number of esters is 1. The first-order chi connectivity index (χ1) is 10.8. The van der Waals surface area contributed by atoms with Crippen molar-refractivity contribution in [1.82, 2.24) is 0 Å². The molecule has 0 bridgehead atoms. The van der Waals surface area contributed by atoms with Gasteiger partial charge in [0.1, 0.15) is 13.2 Å². The number of quaternary nitrogens is 1. The molecule has 1 aliphatic heterocycles. The van der Waals surface area contributed by atoms with Crippen LogP contribution in [0.5, 0.6) is 0 Å². The number of carbonyl (C=O) groups excluding carboxylic acids is 1. The van der Waals surface area contributed by atoms with Crippen molar-refractivity contribution in [1.29, 1.82) is 0 Å². The first-order valence-corrected chi connectivity index (χ1v) is 9.11. The number of likely N-dealkylation sites (N-methyl/N-ethyl adjacent to an activating group) is 1. The molecule has 0 aromatic heterocycles. The van der Waals surface area contributed by atoms with Gasteiger partial charge in [0, 0.05) is 6.61 Å². The van der Waals surface area contributed by atoms with Gasteiger partial charge in [-0.3, -0.25) is 4.79 Å². The van der Waals surface area contributed by atoms with Crippen LogP contribution in [0, 0.1) is 5.92 Å². The van der Waals surface area contributed by atoms with Crippen molar-refractivity contribution in [3.63, 3.8) is 0 Å². The first kappa shape index (κ1) is 20.4. The van der Waals surface area contributed by atoms with E-state index >= 15 is 0 Å². The molecule has 1 saturated heterocycles. The standard InChI is InChI=1S/C18H35NO4/c1-6-17(4)13-15(9-11-23-17)18(5,21)14-16(20)22-12-10-19(7-2)8-3/h15,21H,6-14H2,1-5H3/p+1/t15-,17+,18-/m1/s1. The highest BCUT2D eigenvalue weighted by Gasteiger charge is 2.42. The fourth-order valence-corrected chi connectivity index (χ4v) is 3.31. The Balaban J connectivity index is 2.45. The molecule has 0 amide bonds. The SMILES string of the molecule is CC[NH+](CC)CCOC(=O)C[C@@](C)(O)[C@@H]1CCO[C@@](C)(CC)C1. The first-order valence-electron chi connectivity index (χ1n) is 9.11. The van der Waals surface area contributed by atoms with E-state index in [4.69, 9.17) is 9.47 Å². The van der Waals surface area contributed by atoms with Gasteiger partial charge in [-0.1, -0.05) is 6.92 Å². The molecule has 2 N–H and O–H groups in total. The quantitative estimate of drug-likeness (QED) is 0.624. The van der Waals surface area contributed by atoms with E-state index in [0.717, 1.165) is 38.9 Å². The summed E-state index contributed by atoms with van der Waals surface area (Å²) in [5.74, 6) is -0.228. The maximum Gasteiger partial charge on any atom is 0.308 e. The summed E-state index contributed by atoms with van der Waals surface area (Å²) in [6.45, 7) is 14.1. The molecule has 1 aliphatic rings. The average molecular weight is 330 g/mol. The molecule has 136 valence electrons. The summed E-state index contributed by atoms with van der Waals surface area (Å²) < 4.78 is 11.2. The minimum atomic E-state index is -1.03. The molecule has 5 heteroatoms. The minimum Gasteiger partial charge on any atom is -0.460 e. The van der Waals surface area contributed by atoms with E-state index in [1.807, 2.05) is 0 Å². The Morgan fingerprint density at radius 1 is 1.39 bits per heavy atom. The Morgan fingerprint density at radius 3 is 2.61 bits per heavy atom. The highest BCUT2D eigenvalue weighted by molar-refractivity contribution is 5.70. The molecule has 1 fully saturated rings. The number of nitrogens with one attached hydrogen (secondary N) is 1. The number of ether oxygens (including phenoxy) is 2. The molecule has 0 aromatic carbocycles. The van der Waals surface area contributed by atoms with Gasteiger partial charge in [-0.15, -0.1) is 0 Å². The number of hydrogen-bond acceptors (Lipinski definition) is 4. The van der Waals surface area contributed by atoms with Crippen molar-refractivity contribution in [2.24, 2.45) is 5.92 Å². The Kier molecular flexibility index (Phi) is 7.98. The van der Waals surface area contributed by atoms with Crippen LogP contribution in [0.3, 0.4) is 0 Å². The fraction of sp³-hybridized carbons (Fsp3) is 0.944. The normalized spacial score (nSPS) is 27.7. The summed E-state index contributed by atoms with van der Waals surface area (Å²) >= 11 is 0. The van der Waals surface area contributed by atoms with Crippen LogP contribution in [0.4, 0.5) is 0 Å². The molecular weight excluding hydrogens is 294 g/mol. The van der Waals surface area contributed by atoms with Crippen LogP contribution in [0.25, 0.3) is 0 Å². The third-order valence-electron chi connectivity index (χ3n) is 5.44. The van der Waals surface area contributed by atoms with Gasteiger partial charge in [-0.25, -0.2) is 0 Å². The average Bonchev–Trinajstić information content (AvgIpc) is 2.51. The van der Waals surface area contributed by atoms with Crippen LogP contribution in [0.1, 0.15) is 60.3 Å². The number of aliphatic hydroxyl groups is 1. The lowest BCUT2D eigenvalue weighted by atomic mass is 9.75. The molecule has 23 heavy (non-hydrogen) atoms. The van der Waals surface area contributed by atoms with Crippen LogP contribution < -0.4 is 4.90 Å². The Labute approximate surface area is 141 Å². The lowest BCUT2D eigenvalue weighted by Crippen LogP contribution is -3.11. The van der Waals surface area contributed by atoms with Crippen molar-refractivity contribution in [2.45, 2.75) is 71.5 Å².